The maximum absolute atomic E-state index is 12.4. The Kier molecular flexibility index (Phi) is 17.5. The topological polar surface area (TPSA) is 63.2 Å². The Balaban J connectivity index is 1.67. The molecule has 0 heterocycles. The predicted molar refractivity (Wildman–Crippen MR) is 158 cm³/mol. The van der Waals surface area contributed by atoms with Gasteiger partial charge in [0.05, 0.1) is 12.2 Å². The normalized spacial score (nSPS) is 11.2. The van der Waals surface area contributed by atoms with Crippen molar-refractivity contribution < 1.29 is 28.5 Å². The highest BCUT2D eigenvalue weighted by Crippen LogP contribution is 2.29. The summed E-state index contributed by atoms with van der Waals surface area (Å²) >= 11 is 0. The fourth-order valence-corrected chi connectivity index (χ4v) is 4.22. The summed E-state index contributed by atoms with van der Waals surface area (Å²) in [6, 6.07) is 13.1. The first-order chi connectivity index (χ1) is 19.2. The zero-order valence-electron chi connectivity index (χ0n) is 24.3. The molecule has 0 aliphatic carbocycles. The van der Waals surface area contributed by atoms with Crippen molar-refractivity contribution >= 4 is 18.1 Å². The Hall–Kier alpha value is -2.83. The second-order valence-corrected chi connectivity index (χ2v) is 9.79. The molecular formula is C33H48O6. The van der Waals surface area contributed by atoms with E-state index in [1.165, 1.54) is 64.2 Å². The molecule has 0 fully saturated rings. The minimum atomic E-state index is -0.264. The van der Waals surface area contributed by atoms with Crippen molar-refractivity contribution in [1.82, 2.24) is 0 Å². The summed E-state index contributed by atoms with van der Waals surface area (Å²) in [6.45, 7) is 2.99. The number of carbonyl (C=O) groups is 1. The maximum Gasteiger partial charge on any atom is 0.338 e. The average molecular weight is 541 g/mol. The lowest BCUT2D eigenvalue weighted by Gasteiger charge is -2.12. The van der Waals surface area contributed by atoms with E-state index < -0.39 is 0 Å². The van der Waals surface area contributed by atoms with E-state index in [2.05, 4.69) is 6.92 Å². The number of ether oxygens (including phenoxy) is 5. The van der Waals surface area contributed by atoms with E-state index in [9.17, 15) is 4.79 Å². The van der Waals surface area contributed by atoms with Crippen LogP contribution in [0.1, 0.15) is 105 Å². The molecule has 216 valence electrons. The highest BCUT2D eigenvalue weighted by Gasteiger charge is 2.08. The van der Waals surface area contributed by atoms with Gasteiger partial charge in [-0.25, -0.2) is 4.79 Å². The van der Waals surface area contributed by atoms with Gasteiger partial charge in [0, 0.05) is 14.2 Å². The molecule has 39 heavy (non-hydrogen) atoms. The predicted octanol–water partition coefficient (Wildman–Crippen LogP) is 8.68. The number of methoxy groups -OCH3 is 2. The van der Waals surface area contributed by atoms with Crippen LogP contribution in [0.4, 0.5) is 0 Å². The van der Waals surface area contributed by atoms with Crippen LogP contribution in [0.2, 0.25) is 0 Å². The van der Waals surface area contributed by atoms with Crippen molar-refractivity contribution in [1.29, 1.82) is 0 Å². The minimum Gasteiger partial charge on any atom is -0.464 e. The molecular weight excluding hydrogens is 492 g/mol. The number of rotatable bonds is 22. The summed E-state index contributed by atoms with van der Waals surface area (Å²) in [5.74, 6) is 0.889. The van der Waals surface area contributed by atoms with Crippen molar-refractivity contribution in [2.45, 2.75) is 84.0 Å². The van der Waals surface area contributed by atoms with Gasteiger partial charge in [0.2, 0.25) is 0 Å². The second-order valence-electron chi connectivity index (χ2n) is 9.79. The lowest BCUT2D eigenvalue weighted by molar-refractivity contribution is 0.0322. The van der Waals surface area contributed by atoms with Crippen LogP contribution in [0.3, 0.4) is 0 Å². The van der Waals surface area contributed by atoms with E-state index in [4.69, 9.17) is 23.7 Å². The van der Waals surface area contributed by atoms with Crippen molar-refractivity contribution in [2.24, 2.45) is 0 Å². The second kappa shape index (κ2) is 21.0. The molecule has 0 aliphatic heterocycles. The molecule has 0 saturated heterocycles. The van der Waals surface area contributed by atoms with Crippen molar-refractivity contribution in [3.8, 4) is 11.5 Å². The number of carbonyl (C=O) groups excluding carboxylic acids is 1. The van der Waals surface area contributed by atoms with Crippen LogP contribution < -0.4 is 9.47 Å². The largest absolute Gasteiger partial charge is 0.464 e. The quantitative estimate of drug-likeness (QED) is 0.0644. The summed E-state index contributed by atoms with van der Waals surface area (Å²) in [6.07, 6.45) is 19.4. The maximum atomic E-state index is 12.4. The molecule has 0 bridgehead atoms. The molecule has 2 rings (SSSR count). The van der Waals surface area contributed by atoms with Crippen LogP contribution in [0.5, 0.6) is 11.5 Å². The van der Waals surface area contributed by atoms with Crippen LogP contribution in [0.15, 0.2) is 42.5 Å². The Labute approximate surface area is 235 Å². The summed E-state index contributed by atoms with van der Waals surface area (Å²) in [5.41, 5.74) is 2.49. The Bertz CT molecular complexity index is 938. The van der Waals surface area contributed by atoms with E-state index in [1.807, 2.05) is 42.5 Å². The van der Waals surface area contributed by atoms with Gasteiger partial charge in [-0.3, -0.25) is 0 Å². The van der Waals surface area contributed by atoms with E-state index in [0.29, 0.717) is 23.7 Å². The minimum absolute atomic E-state index is 0.118. The smallest absolute Gasteiger partial charge is 0.338 e. The Morgan fingerprint density at radius 3 is 1.74 bits per heavy atom. The fourth-order valence-electron chi connectivity index (χ4n) is 4.22. The van der Waals surface area contributed by atoms with E-state index in [1.54, 1.807) is 26.4 Å². The molecule has 0 unspecified atom stereocenters. The van der Waals surface area contributed by atoms with Crippen LogP contribution >= 0.6 is 0 Å². The first kappa shape index (κ1) is 32.4. The first-order valence-corrected chi connectivity index (χ1v) is 14.5. The third-order valence-corrected chi connectivity index (χ3v) is 6.48. The summed E-state index contributed by atoms with van der Waals surface area (Å²) in [4.78, 5) is 12.4. The monoisotopic (exact) mass is 540 g/mol. The number of unbranched alkanes of at least 4 members (excludes halogenated alkanes) is 11. The Morgan fingerprint density at radius 1 is 0.641 bits per heavy atom. The van der Waals surface area contributed by atoms with Gasteiger partial charge >= 0.3 is 5.97 Å². The van der Waals surface area contributed by atoms with Gasteiger partial charge in [-0.15, -0.1) is 0 Å². The number of hydrogen-bond acceptors (Lipinski definition) is 6. The molecule has 6 heteroatoms. The van der Waals surface area contributed by atoms with Crippen molar-refractivity contribution in [3.63, 3.8) is 0 Å². The van der Waals surface area contributed by atoms with Gasteiger partial charge in [-0.1, -0.05) is 108 Å². The molecule has 0 aliphatic rings. The van der Waals surface area contributed by atoms with Crippen molar-refractivity contribution in [3.05, 3.63) is 59.2 Å². The molecule has 0 amide bonds. The molecule has 0 radical (unpaired) electrons. The summed E-state index contributed by atoms with van der Waals surface area (Å²) in [7, 11) is 3.13. The number of benzene rings is 2. The van der Waals surface area contributed by atoms with E-state index in [-0.39, 0.29) is 19.6 Å². The van der Waals surface area contributed by atoms with Crippen LogP contribution in [0.25, 0.3) is 12.2 Å². The molecule has 2 aromatic rings. The molecule has 0 atom stereocenters. The molecule has 2 aromatic carbocycles. The van der Waals surface area contributed by atoms with Gasteiger partial charge in [-0.05, 0) is 41.8 Å². The lowest BCUT2D eigenvalue weighted by atomic mass is 10.1. The first-order valence-electron chi connectivity index (χ1n) is 14.5. The third-order valence-electron chi connectivity index (χ3n) is 6.48. The molecule has 0 N–H and O–H groups in total. The van der Waals surface area contributed by atoms with Crippen LogP contribution in [0, 0.1) is 0 Å². The zero-order valence-corrected chi connectivity index (χ0v) is 24.3. The van der Waals surface area contributed by atoms with Gasteiger partial charge in [-0.2, -0.15) is 0 Å². The third kappa shape index (κ3) is 14.2. The number of esters is 1. The summed E-state index contributed by atoms with van der Waals surface area (Å²) < 4.78 is 26.6. The zero-order chi connectivity index (χ0) is 28.0. The highest BCUT2D eigenvalue weighted by molar-refractivity contribution is 5.89. The van der Waals surface area contributed by atoms with E-state index in [0.717, 1.165) is 24.0 Å². The Morgan fingerprint density at radius 2 is 1.15 bits per heavy atom. The lowest BCUT2D eigenvalue weighted by Crippen LogP contribution is -2.06. The van der Waals surface area contributed by atoms with Gasteiger partial charge < -0.3 is 23.7 Å². The molecule has 0 aromatic heterocycles. The number of hydrogen-bond donors (Lipinski definition) is 0. The van der Waals surface area contributed by atoms with Crippen LogP contribution in [-0.4, -0.2) is 40.4 Å². The van der Waals surface area contributed by atoms with Gasteiger partial charge in [0.1, 0.15) is 0 Å². The van der Waals surface area contributed by atoms with Crippen molar-refractivity contribution in [2.75, 3.05) is 34.4 Å². The van der Waals surface area contributed by atoms with E-state index >= 15 is 0 Å². The van der Waals surface area contributed by atoms with Gasteiger partial charge in [0.25, 0.3) is 0 Å². The van der Waals surface area contributed by atoms with Gasteiger partial charge in [0.15, 0.2) is 25.1 Å². The summed E-state index contributed by atoms with van der Waals surface area (Å²) in [5, 5.41) is 0. The molecule has 0 saturated carbocycles. The SMILES string of the molecule is CCCCCCCCCCCCCCOC(=O)c1ccc(/C=C/c2ccc(OCOC)c(OCOC)c2)cc1. The molecule has 0 spiro atoms. The average Bonchev–Trinajstić information content (AvgIpc) is 2.96. The standard InChI is InChI=1S/C33H48O6/c1-4-5-6-7-8-9-10-11-12-13-14-15-24-37-33(34)30-21-18-28(19-22-30)16-17-29-20-23-31(38-26-35-2)32(25-29)39-27-36-3/h16-23,25H,4-15,24,26-27H2,1-3H3/b17-16+. The molecule has 6 nitrogen and oxygen atoms in total. The fraction of sp³-hybridized carbons (Fsp3) is 0.545. The highest BCUT2D eigenvalue weighted by atomic mass is 16.7. The van der Waals surface area contributed by atoms with Crippen LogP contribution in [-0.2, 0) is 14.2 Å².